The number of amides is 1. The first-order chi connectivity index (χ1) is 11.0. The van der Waals surface area contributed by atoms with Gasteiger partial charge in [-0.1, -0.05) is 19.1 Å². The number of hydrogen-bond acceptors (Lipinski definition) is 3. The SMILES string of the molecule is CCCN1C(C)CC2c3cccc(OC(=O)N(C)C)c3CCC21. The summed E-state index contributed by atoms with van der Waals surface area (Å²) < 4.78 is 5.60. The normalized spacial score (nSPS) is 26.5. The van der Waals surface area contributed by atoms with Crippen molar-refractivity contribution < 1.29 is 9.53 Å². The summed E-state index contributed by atoms with van der Waals surface area (Å²) in [5, 5.41) is 0. The van der Waals surface area contributed by atoms with Gasteiger partial charge in [0, 0.05) is 32.1 Å². The van der Waals surface area contributed by atoms with E-state index in [1.54, 1.807) is 14.1 Å². The van der Waals surface area contributed by atoms with Crippen molar-refractivity contribution in [3.8, 4) is 5.75 Å². The topological polar surface area (TPSA) is 32.8 Å². The van der Waals surface area contributed by atoms with Crippen molar-refractivity contribution in [2.45, 2.75) is 57.5 Å². The fourth-order valence-corrected chi connectivity index (χ4v) is 4.33. The summed E-state index contributed by atoms with van der Waals surface area (Å²) in [6, 6.07) is 7.50. The second-order valence-electron chi connectivity index (χ2n) is 7.12. The predicted molar refractivity (Wildman–Crippen MR) is 92.1 cm³/mol. The fraction of sp³-hybridized carbons (Fsp3) is 0.632. The molecule has 4 nitrogen and oxygen atoms in total. The van der Waals surface area contributed by atoms with Gasteiger partial charge in [-0.25, -0.2) is 4.79 Å². The Kier molecular flexibility index (Phi) is 4.62. The number of carbonyl (C=O) groups is 1. The predicted octanol–water partition coefficient (Wildman–Crippen LogP) is 3.65. The molecule has 1 aromatic carbocycles. The lowest BCUT2D eigenvalue weighted by Gasteiger charge is -2.34. The van der Waals surface area contributed by atoms with Crippen LogP contribution in [0.5, 0.6) is 5.75 Å². The lowest BCUT2D eigenvalue weighted by molar-refractivity contribution is 0.170. The molecular weight excluding hydrogens is 288 g/mol. The van der Waals surface area contributed by atoms with Gasteiger partial charge in [-0.15, -0.1) is 0 Å². The van der Waals surface area contributed by atoms with Crippen LogP contribution in [-0.2, 0) is 6.42 Å². The van der Waals surface area contributed by atoms with Gasteiger partial charge < -0.3 is 9.64 Å². The molecule has 1 aromatic rings. The Balaban J connectivity index is 1.88. The Labute approximate surface area is 139 Å². The van der Waals surface area contributed by atoms with Gasteiger partial charge in [-0.3, -0.25) is 4.90 Å². The van der Waals surface area contributed by atoms with Crippen LogP contribution >= 0.6 is 0 Å². The third kappa shape index (κ3) is 2.97. The molecule has 0 saturated carbocycles. The number of ether oxygens (including phenoxy) is 1. The maximum atomic E-state index is 11.9. The van der Waals surface area contributed by atoms with Gasteiger partial charge in [0.05, 0.1) is 0 Å². The maximum absolute atomic E-state index is 11.9. The van der Waals surface area contributed by atoms with Gasteiger partial charge in [0.25, 0.3) is 0 Å². The molecule has 1 heterocycles. The minimum absolute atomic E-state index is 0.298. The molecule has 2 aliphatic rings. The minimum Gasteiger partial charge on any atom is -0.410 e. The highest BCUT2D eigenvalue weighted by atomic mass is 16.6. The molecule has 1 amide bonds. The maximum Gasteiger partial charge on any atom is 0.414 e. The van der Waals surface area contributed by atoms with Crippen LogP contribution in [0, 0.1) is 0 Å². The Hall–Kier alpha value is -1.55. The fourth-order valence-electron chi connectivity index (χ4n) is 4.33. The summed E-state index contributed by atoms with van der Waals surface area (Å²) in [5.74, 6) is 1.33. The van der Waals surface area contributed by atoms with E-state index in [2.05, 4.69) is 24.8 Å². The van der Waals surface area contributed by atoms with E-state index in [1.807, 2.05) is 12.1 Å². The van der Waals surface area contributed by atoms with E-state index in [1.165, 1.54) is 41.8 Å². The Morgan fingerprint density at radius 2 is 2.17 bits per heavy atom. The first-order valence-electron chi connectivity index (χ1n) is 8.79. The summed E-state index contributed by atoms with van der Waals surface area (Å²) in [5.41, 5.74) is 2.64. The van der Waals surface area contributed by atoms with Crippen LogP contribution in [0.15, 0.2) is 18.2 Å². The third-order valence-electron chi connectivity index (χ3n) is 5.35. The monoisotopic (exact) mass is 316 g/mol. The molecule has 0 radical (unpaired) electrons. The molecule has 1 fully saturated rings. The molecule has 1 aliphatic heterocycles. The molecule has 0 aromatic heterocycles. The van der Waals surface area contributed by atoms with Crippen molar-refractivity contribution in [3.05, 3.63) is 29.3 Å². The highest BCUT2D eigenvalue weighted by molar-refractivity contribution is 5.70. The average Bonchev–Trinajstić information content (AvgIpc) is 2.84. The zero-order chi connectivity index (χ0) is 16.6. The van der Waals surface area contributed by atoms with Crippen LogP contribution in [0.2, 0.25) is 0 Å². The van der Waals surface area contributed by atoms with Gasteiger partial charge in [0.1, 0.15) is 5.75 Å². The second kappa shape index (κ2) is 6.52. The number of likely N-dealkylation sites (tertiary alicyclic amines) is 1. The standard InChI is InChI=1S/C19H28N2O2/c1-5-11-21-13(2)12-16-14-7-6-8-18(23-19(22)20(3)4)15(14)9-10-17(16)21/h6-8,13,16-17H,5,9-12H2,1-4H3. The van der Waals surface area contributed by atoms with Crippen LogP contribution in [0.1, 0.15) is 50.2 Å². The van der Waals surface area contributed by atoms with Crippen molar-refractivity contribution in [3.63, 3.8) is 0 Å². The highest BCUT2D eigenvalue weighted by Crippen LogP contribution is 2.46. The molecule has 3 rings (SSSR count). The number of carbonyl (C=O) groups excluding carboxylic acids is 1. The molecule has 0 N–H and O–H groups in total. The molecule has 126 valence electrons. The van der Waals surface area contributed by atoms with E-state index in [9.17, 15) is 4.79 Å². The van der Waals surface area contributed by atoms with E-state index in [0.717, 1.165) is 12.2 Å². The zero-order valence-electron chi connectivity index (χ0n) is 14.7. The van der Waals surface area contributed by atoms with Crippen molar-refractivity contribution in [2.75, 3.05) is 20.6 Å². The van der Waals surface area contributed by atoms with Crippen molar-refractivity contribution in [1.82, 2.24) is 9.80 Å². The van der Waals surface area contributed by atoms with Crippen LogP contribution in [-0.4, -0.2) is 48.6 Å². The summed E-state index contributed by atoms with van der Waals surface area (Å²) in [6.45, 7) is 5.80. The van der Waals surface area contributed by atoms with Crippen LogP contribution in [0.4, 0.5) is 4.79 Å². The molecule has 1 aliphatic carbocycles. The molecule has 23 heavy (non-hydrogen) atoms. The lowest BCUT2D eigenvalue weighted by Crippen LogP contribution is -2.38. The van der Waals surface area contributed by atoms with E-state index < -0.39 is 0 Å². The number of rotatable bonds is 3. The molecule has 4 heteroatoms. The number of benzene rings is 1. The van der Waals surface area contributed by atoms with Gasteiger partial charge in [-0.05, 0) is 56.3 Å². The van der Waals surface area contributed by atoms with Crippen molar-refractivity contribution in [2.24, 2.45) is 0 Å². The first-order valence-corrected chi connectivity index (χ1v) is 8.79. The molecule has 0 bridgehead atoms. The van der Waals surface area contributed by atoms with E-state index in [0.29, 0.717) is 18.0 Å². The van der Waals surface area contributed by atoms with E-state index >= 15 is 0 Å². The Morgan fingerprint density at radius 3 is 2.87 bits per heavy atom. The quantitative estimate of drug-likeness (QED) is 0.853. The van der Waals surface area contributed by atoms with E-state index in [4.69, 9.17) is 4.74 Å². The molecular formula is C19H28N2O2. The lowest BCUT2D eigenvalue weighted by atomic mass is 9.79. The van der Waals surface area contributed by atoms with Crippen LogP contribution in [0.25, 0.3) is 0 Å². The Morgan fingerprint density at radius 1 is 1.39 bits per heavy atom. The van der Waals surface area contributed by atoms with Gasteiger partial charge in [0.2, 0.25) is 0 Å². The second-order valence-corrected chi connectivity index (χ2v) is 7.12. The smallest absolute Gasteiger partial charge is 0.410 e. The largest absolute Gasteiger partial charge is 0.414 e. The summed E-state index contributed by atoms with van der Waals surface area (Å²) in [6.07, 6.45) is 4.29. The van der Waals surface area contributed by atoms with Crippen molar-refractivity contribution in [1.29, 1.82) is 0 Å². The summed E-state index contributed by atoms with van der Waals surface area (Å²) in [7, 11) is 3.43. The average molecular weight is 316 g/mol. The summed E-state index contributed by atoms with van der Waals surface area (Å²) >= 11 is 0. The number of hydrogen-bond donors (Lipinski definition) is 0. The Bertz CT molecular complexity index is 585. The molecule has 3 atom stereocenters. The van der Waals surface area contributed by atoms with Crippen molar-refractivity contribution >= 4 is 6.09 Å². The zero-order valence-corrected chi connectivity index (χ0v) is 14.7. The van der Waals surface area contributed by atoms with Gasteiger partial charge in [-0.2, -0.15) is 0 Å². The first kappa shape index (κ1) is 16.3. The molecule has 1 saturated heterocycles. The van der Waals surface area contributed by atoms with Gasteiger partial charge >= 0.3 is 6.09 Å². The van der Waals surface area contributed by atoms with Crippen LogP contribution < -0.4 is 4.74 Å². The van der Waals surface area contributed by atoms with Crippen LogP contribution in [0.3, 0.4) is 0 Å². The van der Waals surface area contributed by atoms with E-state index in [-0.39, 0.29) is 6.09 Å². The molecule has 3 unspecified atom stereocenters. The van der Waals surface area contributed by atoms with Gasteiger partial charge in [0.15, 0.2) is 0 Å². The highest BCUT2D eigenvalue weighted by Gasteiger charge is 2.42. The minimum atomic E-state index is -0.298. The third-order valence-corrected chi connectivity index (χ3v) is 5.35. The number of nitrogens with zero attached hydrogens (tertiary/aromatic N) is 2. The molecule has 0 spiro atoms. The summed E-state index contributed by atoms with van der Waals surface area (Å²) in [4.78, 5) is 16.1. The number of fused-ring (bicyclic) bond motifs is 3.